The first-order valence-electron chi connectivity index (χ1n) is 23.1. The van der Waals surface area contributed by atoms with Gasteiger partial charge in [-0.15, -0.1) is 0 Å². The van der Waals surface area contributed by atoms with Gasteiger partial charge in [0.2, 0.25) is 0 Å². The number of carbonyl (C=O) groups is 2. The second kappa shape index (κ2) is 18.4. The van der Waals surface area contributed by atoms with E-state index in [1.807, 2.05) is 0 Å². The highest BCUT2D eigenvalue weighted by Gasteiger charge is 2.62. The number of carbonyl (C=O) groups excluding carboxylic acids is 1. The standard InChI is InChI=1S/C45H70O18/c1-18(2)12-20(47)13-19(3)23-6-7-24-22-15-27-26-14-21(8-10-45(26,5)25(22)9-11-44(23,24)4)58-42-39(35(53)34(52)37(61-42)40(55)56)63-43-38(33(51)30(48)28(16-46)59-43)62-41-36(54)32(50)31(49)29(60-41)17-57-27/h15,18-19,21,23-39,41-43,46,48-54H,6-14,16-17H2,1-5H3,(H,55,56)/t19?,21-,23?,24-,25?,26?,27+,28?,29?,30?,31?,32?,33?,34?,35?,36?,37?,38?,39?,41?,42?,43?,44+,45+/m0/s1. The summed E-state index contributed by atoms with van der Waals surface area (Å²) in [5.41, 5.74) is 0.979. The molecule has 8 aliphatic rings. The van der Waals surface area contributed by atoms with Crippen LogP contribution < -0.4 is 0 Å². The molecule has 0 aromatic rings. The van der Waals surface area contributed by atoms with Gasteiger partial charge >= 0.3 is 5.97 Å². The number of fused-ring (bicyclic) bond motifs is 9. The summed E-state index contributed by atoms with van der Waals surface area (Å²) in [5.74, 6) is -0.106. The summed E-state index contributed by atoms with van der Waals surface area (Å²) in [6.07, 6.45) is -18.6. The maximum absolute atomic E-state index is 13.0. The number of hydrogen-bond acceptors (Lipinski definition) is 17. The SMILES string of the molecule is CC(C)CC(=O)CC(C)C1CC[C@H]2C3=C[C@H]4OCC5OC(OC6C(OC(CO)C(O)C6O)OC6C(OC(C(=O)O)C(O)C6O)O[C@H]6CC[C@](C)(C3CC[C@]12C)C4C6)C(O)C(O)C5O. The third kappa shape index (κ3) is 8.60. The van der Waals surface area contributed by atoms with Gasteiger partial charge in [-0.1, -0.05) is 46.3 Å². The molecule has 7 fully saturated rings. The number of ether oxygens (including phenoxy) is 7. The van der Waals surface area contributed by atoms with Gasteiger partial charge in [0.15, 0.2) is 25.0 Å². The number of aliphatic hydroxyl groups is 8. The Kier molecular flexibility index (Phi) is 14.0. The molecule has 358 valence electrons. The lowest BCUT2D eigenvalue weighted by Crippen LogP contribution is -2.67. The van der Waals surface area contributed by atoms with E-state index in [9.17, 15) is 55.5 Å². The summed E-state index contributed by atoms with van der Waals surface area (Å²) < 4.78 is 43.3. The van der Waals surface area contributed by atoms with Crippen LogP contribution in [0.5, 0.6) is 0 Å². The fraction of sp³-hybridized carbons (Fsp3) is 0.911. The Morgan fingerprint density at radius 3 is 2.03 bits per heavy atom. The molecule has 24 atom stereocenters. The molecule has 0 spiro atoms. The van der Waals surface area contributed by atoms with Crippen LogP contribution in [0.1, 0.15) is 92.4 Å². The summed E-state index contributed by atoms with van der Waals surface area (Å²) in [6.45, 7) is 9.97. The van der Waals surface area contributed by atoms with E-state index in [4.69, 9.17) is 33.2 Å². The van der Waals surface area contributed by atoms with Crippen molar-refractivity contribution in [3.63, 3.8) is 0 Å². The average Bonchev–Trinajstić information content (AvgIpc) is 3.59. The number of carboxylic acid groups (broad SMARTS) is 1. The molecule has 0 aromatic heterocycles. The average molecular weight is 899 g/mol. The highest BCUT2D eigenvalue weighted by molar-refractivity contribution is 5.78. The second-order valence-corrected chi connectivity index (χ2v) is 20.9. The lowest BCUT2D eigenvalue weighted by atomic mass is 9.47. The molecule has 18 nitrogen and oxygen atoms in total. The highest BCUT2D eigenvalue weighted by Crippen LogP contribution is 2.67. The molecule has 4 aliphatic heterocycles. The van der Waals surface area contributed by atoms with Crippen LogP contribution in [0.25, 0.3) is 0 Å². The van der Waals surface area contributed by atoms with Crippen LogP contribution in [0.15, 0.2) is 11.6 Å². The summed E-state index contributed by atoms with van der Waals surface area (Å²) in [4.78, 5) is 25.4. The predicted octanol–water partition coefficient (Wildman–Crippen LogP) is 0.149. The van der Waals surface area contributed by atoms with Gasteiger partial charge in [-0.05, 0) is 91.3 Å². The minimum absolute atomic E-state index is 0.0371. The maximum atomic E-state index is 13.0. The van der Waals surface area contributed by atoms with E-state index >= 15 is 0 Å². The molecular formula is C45H70O18. The number of hydrogen-bond donors (Lipinski definition) is 9. The third-order valence-corrected chi connectivity index (χ3v) is 16.6. The Morgan fingerprint density at radius 1 is 0.698 bits per heavy atom. The van der Waals surface area contributed by atoms with Gasteiger partial charge in [0.05, 0.1) is 25.4 Å². The Bertz CT molecular complexity index is 1680. The number of rotatable bonds is 7. The zero-order valence-electron chi connectivity index (χ0n) is 36.8. The van der Waals surface area contributed by atoms with Crippen molar-refractivity contribution in [2.75, 3.05) is 13.2 Å². The van der Waals surface area contributed by atoms with Gasteiger partial charge in [-0.2, -0.15) is 0 Å². The van der Waals surface area contributed by atoms with Crippen molar-refractivity contribution in [1.82, 2.24) is 0 Å². The number of carboxylic acids is 1. The molecule has 0 amide bonds. The molecular weight excluding hydrogens is 828 g/mol. The van der Waals surface area contributed by atoms with Gasteiger partial charge in [0.25, 0.3) is 0 Å². The normalized spacial score (nSPS) is 51.8. The van der Waals surface area contributed by atoms with Crippen LogP contribution in [0, 0.1) is 46.3 Å². The lowest BCUT2D eigenvalue weighted by Gasteiger charge is -2.60. The molecule has 9 N–H and O–H groups in total. The minimum atomic E-state index is -2.02. The number of ketones is 1. The van der Waals surface area contributed by atoms with E-state index in [-0.39, 0.29) is 41.1 Å². The smallest absolute Gasteiger partial charge is 0.335 e. The van der Waals surface area contributed by atoms with Crippen LogP contribution in [-0.4, -0.2) is 175 Å². The molecule has 0 radical (unpaired) electrons. The maximum Gasteiger partial charge on any atom is 0.335 e. The van der Waals surface area contributed by atoms with Crippen molar-refractivity contribution in [2.24, 2.45) is 46.3 Å². The van der Waals surface area contributed by atoms with E-state index in [1.165, 1.54) is 5.57 Å². The van der Waals surface area contributed by atoms with Crippen LogP contribution in [0.2, 0.25) is 0 Å². The van der Waals surface area contributed by atoms with Crippen molar-refractivity contribution >= 4 is 11.8 Å². The first kappa shape index (κ1) is 47.8. The number of aliphatic carboxylic acids is 1. The van der Waals surface area contributed by atoms with E-state index < -0.39 is 117 Å². The number of Topliss-reactive ketones (excluding diaryl/α,β-unsaturated/α-hetero) is 1. The topological polar surface area (TPSA) is 281 Å². The quantitative estimate of drug-likeness (QED) is 0.154. The van der Waals surface area contributed by atoms with Crippen molar-refractivity contribution < 1.29 is 88.7 Å². The zero-order valence-corrected chi connectivity index (χ0v) is 36.8. The minimum Gasteiger partial charge on any atom is -0.479 e. The van der Waals surface area contributed by atoms with Gasteiger partial charge < -0.3 is 79.1 Å². The lowest BCUT2D eigenvalue weighted by molar-refractivity contribution is -0.395. The molecule has 4 heterocycles. The summed E-state index contributed by atoms with van der Waals surface area (Å²) in [7, 11) is 0. The van der Waals surface area contributed by atoms with Crippen LogP contribution in [0.4, 0.5) is 0 Å². The van der Waals surface area contributed by atoms with E-state index in [2.05, 4.69) is 40.7 Å². The molecule has 4 saturated heterocycles. The number of aliphatic hydroxyl groups excluding tert-OH is 8. The molecule has 19 unspecified atom stereocenters. The second-order valence-electron chi connectivity index (χ2n) is 20.9. The molecule has 8 rings (SSSR count). The monoisotopic (exact) mass is 898 g/mol. The van der Waals surface area contributed by atoms with Gasteiger partial charge in [-0.25, -0.2) is 4.79 Å². The van der Waals surface area contributed by atoms with E-state index in [0.29, 0.717) is 49.7 Å². The van der Waals surface area contributed by atoms with Gasteiger partial charge in [-0.3, -0.25) is 4.79 Å². The van der Waals surface area contributed by atoms with Crippen molar-refractivity contribution in [3.8, 4) is 0 Å². The Hall–Kier alpha value is -1.72. The van der Waals surface area contributed by atoms with Crippen LogP contribution in [-0.2, 0) is 42.7 Å². The van der Waals surface area contributed by atoms with Crippen molar-refractivity contribution in [1.29, 1.82) is 0 Å². The molecule has 4 bridgehead atoms. The van der Waals surface area contributed by atoms with Gasteiger partial charge in [0.1, 0.15) is 72.9 Å². The Morgan fingerprint density at radius 2 is 1.35 bits per heavy atom. The fourth-order valence-electron chi connectivity index (χ4n) is 13.3. The highest BCUT2D eigenvalue weighted by atomic mass is 16.8. The molecule has 63 heavy (non-hydrogen) atoms. The number of allylic oxidation sites excluding steroid dienone is 1. The first-order chi connectivity index (χ1) is 29.8. The van der Waals surface area contributed by atoms with Crippen molar-refractivity contribution in [2.45, 2.75) is 197 Å². The summed E-state index contributed by atoms with van der Waals surface area (Å²) in [6, 6.07) is 0. The third-order valence-electron chi connectivity index (χ3n) is 16.6. The van der Waals surface area contributed by atoms with Crippen LogP contribution in [0.3, 0.4) is 0 Å². The summed E-state index contributed by atoms with van der Waals surface area (Å²) in [5, 5.41) is 98.3. The van der Waals surface area contributed by atoms with E-state index in [1.54, 1.807) is 0 Å². The fourth-order valence-corrected chi connectivity index (χ4v) is 13.3. The molecule has 18 heteroatoms. The zero-order chi connectivity index (χ0) is 45.4. The summed E-state index contributed by atoms with van der Waals surface area (Å²) >= 11 is 0. The van der Waals surface area contributed by atoms with E-state index in [0.717, 1.165) is 25.7 Å². The Labute approximate surface area is 367 Å². The molecule has 4 aliphatic carbocycles. The predicted molar refractivity (Wildman–Crippen MR) is 216 cm³/mol. The Balaban J connectivity index is 1.15. The molecule has 3 saturated carbocycles. The largest absolute Gasteiger partial charge is 0.479 e. The molecule has 0 aromatic carbocycles. The van der Waals surface area contributed by atoms with Crippen LogP contribution >= 0.6 is 0 Å². The first-order valence-corrected chi connectivity index (χ1v) is 23.1. The van der Waals surface area contributed by atoms with Gasteiger partial charge in [0, 0.05) is 12.8 Å². The van der Waals surface area contributed by atoms with Crippen molar-refractivity contribution in [3.05, 3.63) is 11.6 Å².